The van der Waals surface area contributed by atoms with Crippen molar-refractivity contribution < 1.29 is 13.2 Å². The predicted octanol–water partition coefficient (Wildman–Crippen LogP) is 4.75. The Kier molecular flexibility index (Phi) is 10.9. The Balaban J connectivity index is 2.13. The van der Waals surface area contributed by atoms with E-state index in [-0.39, 0.29) is 5.91 Å². The summed E-state index contributed by atoms with van der Waals surface area (Å²) in [5.74, 6) is 0.964. The number of sulfonamides is 1. The first-order valence-electron chi connectivity index (χ1n) is 11.9. The van der Waals surface area contributed by atoms with Gasteiger partial charge in [-0.05, 0) is 80.2 Å². The number of aliphatic imine (C=N–C) groups is 1. The molecular weight excluding hydrogens is 446 g/mol. The fourth-order valence-electron chi connectivity index (χ4n) is 4.33. The molecule has 0 aliphatic carbocycles. The largest absolute Gasteiger partial charge is 0.311 e. The molecule has 6 nitrogen and oxygen atoms in total. The summed E-state index contributed by atoms with van der Waals surface area (Å²) in [6.07, 6.45) is 14.2. The standard InChI is InChI=1S/C27H39N3O3S/c1-6-7-12-26(21(2)19-27(28-4)29-22(3)31)25-15-13-24(14-16-25)20-23-10-8-17-30(18-9-11-23)34(5,32)33/h6-7,12-16,19,23H,8-11,17-18,20H2,1-5H3,(H,28,29,31). The lowest BCUT2D eigenvalue weighted by Gasteiger charge is -2.26. The molecule has 7 heteroatoms. The highest BCUT2D eigenvalue weighted by molar-refractivity contribution is 7.88. The lowest BCUT2D eigenvalue weighted by Crippen LogP contribution is -2.33. The normalized spacial score (nSPS) is 18.1. The third-order valence-corrected chi connectivity index (χ3v) is 7.38. The van der Waals surface area contributed by atoms with Crippen molar-refractivity contribution in [1.82, 2.24) is 9.62 Å². The highest BCUT2D eigenvalue weighted by Gasteiger charge is 2.21. The number of allylic oxidation sites excluding steroid dienone is 5. The zero-order chi connectivity index (χ0) is 25.1. The first-order chi connectivity index (χ1) is 16.1. The second kappa shape index (κ2) is 13.4. The third kappa shape index (κ3) is 9.03. The smallest absolute Gasteiger partial charge is 0.222 e. The van der Waals surface area contributed by atoms with Crippen LogP contribution in [0.3, 0.4) is 0 Å². The number of amides is 1. The lowest BCUT2D eigenvalue weighted by molar-refractivity contribution is -0.117. The molecule has 0 spiro atoms. The monoisotopic (exact) mass is 485 g/mol. The van der Waals surface area contributed by atoms with Crippen LogP contribution in [-0.2, 0) is 21.2 Å². The number of nitrogens with zero attached hydrogens (tertiary/aromatic N) is 2. The van der Waals surface area contributed by atoms with Crippen LogP contribution in [0.25, 0.3) is 5.57 Å². The van der Waals surface area contributed by atoms with Gasteiger partial charge in [0.1, 0.15) is 5.84 Å². The Bertz CT molecular complexity index is 1040. The molecule has 1 amide bonds. The molecular formula is C27H39N3O3S. The van der Waals surface area contributed by atoms with E-state index in [0.29, 0.717) is 24.8 Å². The summed E-state index contributed by atoms with van der Waals surface area (Å²) in [7, 11) is -1.43. The number of carbonyl (C=O) groups excluding carboxylic acids is 1. The van der Waals surface area contributed by atoms with Crippen LogP contribution in [0.2, 0.25) is 0 Å². The van der Waals surface area contributed by atoms with Crippen molar-refractivity contribution in [1.29, 1.82) is 0 Å². The zero-order valence-electron chi connectivity index (χ0n) is 21.2. The summed E-state index contributed by atoms with van der Waals surface area (Å²) in [5, 5.41) is 2.75. The van der Waals surface area contributed by atoms with Crippen LogP contribution in [0.4, 0.5) is 0 Å². The molecule has 1 N–H and O–H groups in total. The maximum atomic E-state index is 11.8. The van der Waals surface area contributed by atoms with E-state index >= 15 is 0 Å². The van der Waals surface area contributed by atoms with Crippen LogP contribution in [0.1, 0.15) is 57.6 Å². The van der Waals surface area contributed by atoms with E-state index < -0.39 is 10.0 Å². The van der Waals surface area contributed by atoms with Gasteiger partial charge in [0.25, 0.3) is 0 Å². The average Bonchev–Trinajstić information content (AvgIpc) is 2.75. The molecule has 1 aromatic rings. The molecule has 1 aromatic carbocycles. The molecule has 0 radical (unpaired) electrons. The molecule has 0 atom stereocenters. The summed E-state index contributed by atoms with van der Waals surface area (Å²) < 4.78 is 25.3. The third-order valence-electron chi connectivity index (χ3n) is 6.08. The number of amidine groups is 1. The Labute approximate surface area is 205 Å². The van der Waals surface area contributed by atoms with Crippen molar-refractivity contribution in [3.63, 3.8) is 0 Å². The Morgan fingerprint density at radius 2 is 1.76 bits per heavy atom. The van der Waals surface area contributed by atoms with E-state index in [1.54, 1.807) is 11.4 Å². The number of carbonyl (C=O) groups is 1. The van der Waals surface area contributed by atoms with Crippen LogP contribution >= 0.6 is 0 Å². The quantitative estimate of drug-likeness (QED) is 0.344. The molecule has 1 saturated heterocycles. The molecule has 186 valence electrons. The predicted molar refractivity (Wildman–Crippen MR) is 142 cm³/mol. The minimum atomic E-state index is -3.09. The number of nitrogens with one attached hydrogen (secondary N) is 1. The fourth-order valence-corrected chi connectivity index (χ4v) is 5.25. The number of hydrogen-bond donors (Lipinski definition) is 1. The molecule has 0 unspecified atom stereocenters. The van der Waals surface area contributed by atoms with Crippen LogP contribution in [-0.4, -0.2) is 50.9 Å². The van der Waals surface area contributed by atoms with Crippen LogP contribution in [0.5, 0.6) is 0 Å². The van der Waals surface area contributed by atoms with E-state index in [1.165, 1.54) is 18.7 Å². The van der Waals surface area contributed by atoms with E-state index in [9.17, 15) is 13.2 Å². The van der Waals surface area contributed by atoms with Gasteiger partial charge >= 0.3 is 0 Å². The van der Waals surface area contributed by atoms with E-state index in [2.05, 4.69) is 40.7 Å². The summed E-state index contributed by atoms with van der Waals surface area (Å²) in [6, 6.07) is 8.68. The number of rotatable bonds is 7. The van der Waals surface area contributed by atoms with E-state index in [0.717, 1.165) is 48.8 Å². The minimum absolute atomic E-state index is 0.147. The van der Waals surface area contributed by atoms with Gasteiger partial charge in [0.15, 0.2) is 0 Å². The molecule has 1 fully saturated rings. The second-order valence-electron chi connectivity index (χ2n) is 8.94. The van der Waals surface area contributed by atoms with Crippen molar-refractivity contribution in [2.45, 2.75) is 52.9 Å². The summed E-state index contributed by atoms with van der Waals surface area (Å²) in [4.78, 5) is 15.6. The van der Waals surface area contributed by atoms with E-state index in [1.807, 2.05) is 32.1 Å². The second-order valence-corrected chi connectivity index (χ2v) is 10.9. The van der Waals surface area contributed by atoms with Gasteiger partial charge in [0.05, 0.1) is 6.26 Å². The van der Waals surface area contributed by atoms with Gasteiger partial charge in [0.2, 0.25) is 15.9 Å². The van der Waals surface area contributed by atoms with Crippen molar-refractivity contribution >= 4 is 27.3 Å². The molecule has 0 bridgehead atoms. The van der Waals surface area contributed by atoms with Crippen molar-refractivity contribution in [2.24, 2.45) is 10.9 Å². The van der Waals surface area contributed by atoms with Crippen LogP contribution < -0.4 is 5.32 Å². The molecule has 0 aromatic heterocycles. The van der Waals surface area contributed by atoms with Crippen molar-refractivity contribution in [3.05, 3.63) is 65.3 Å². The maximum Gasteiger partial charge on any atom is 0.222 e. The Morgan fingerprint density at radius 3 is 2.26 bits per heavy atom. The Hall–Kier alpha value is -2.51. The van der Waals surface area contributed by atoms with E-state index in [4.69, 9.17) is 0 Å². The van der Waals surface area contributed by atoms with Crippen LogP contribution in [0, 0.1) is 5.92 Å². The SMILES string of the molecule is CC=CC=C(C(C)=CC(=NC)NC(C)=O)c1ccc(CC2CCCN(S(C)(=O)=O)CCC2)cc1. The maximum absolute atomic E-state index is 11.8. The molecule has 2 rings (SSSR count). The van der Waals surface area contributed by atoms with Gasteiger partial charge in [-0.25, -0.2) is 12.7 Å². The van der Waals surface area contributed by atoms with Gasteiger partial charge in [-0.1, -0.05) is 42.5 Å². The van der Waals surface area contributed by atoms with Gasteiger partial charge in [-0.3, -0.25) is 9.79 Å². The highest BCUT2D eigenvalue weighted by Crippen LogP contribution is 2.27. The Morgan fingerprint density at radius 1 is 1.15 bits per heavy atom. The van der Waals surface area contributed by atoms with Crippen LogP contribution in [0.15, 0.2) is 59.1 Å². The number of hydrogen-bond acceptors (Lipinski definition) is 4. The molecule has 1 aliphatic rings. The molecule has 34 heavy (non-hydrogen) atoms. The number of benzene rings is 1. The van der Waals surface area contributed by atoms with Gasteiger partial charge in [-0.2, -0.15) is 0 Å². The molecule has 1 heterocycles. The summed E-state index contributed by atoms with van der Waals surface area (Å²) >= 11 is 0. The summed E-state index contributed by atoms with van der Waals surface area (Å²) in [5.41, 5.74) is 4.49. The highest BCUT2D eigenvalue weighted by atomic mass is 32.2. The first kappa shape index (κ1) is 27.7. The lowest BCUT2D eigenvalue weighted by atomic mass is 9.88. The molecule has 0 saturated carbocycles. The first-order valence-corrected chi connectivity index (χ1v) is 13.8. The topological polar surface area (TPSA) is 78.8 Å². The minimum Gasteiger partial charge on any atom is -0.311 e. The van der Waals surface area contributed by atoms with Gasteiger partial charge in [0, 0.05) is 27.1 Å². The van der Waals surface area contributed by atoms with Gasteiger partial charge in [-0.15, -0.1) is 0 Å². The fraction of sp³-hybridized carbons (Fsp3) is 0.481. The van der Waals surface area contributed by atoms with Crippen molar-refractivity contribution in [2.75, 3.05) is 26.4 Å². The van der Waals surface area contributed by atoms with Crippen molar-refractivity contribution in [3.8, 4) is 0 Å². The van der Waals surface area contributed by atoms with Gasteiger partial charge < -0.3 is 5.32 Å². The molecule has 1 aliphatic heterocycles. The zero-order valence-corrected chi connectivity index (χ0v) is 22.0. The average molecular weight is 486 g/mol. The summed E-state index contributed by atoms with van der Waals surface area (Å²) in [6.45, 7) is 6.73.